The quantitative estimate of drug-likeness (QED) is 0.388. The molecule has 3 aromatic heterocycles. The number of amides is 1. The van der Waals surface area contributed by atoms with Crippen LogP contribution in [0.2, 0.25) is 0 Å². The molecule has 0 aliphatic rings. The Hall–Kier alpha value is -2.57. The summed E-state index contributed by atoms with van der Waals surface area (Å²) in [6.45, 7) is 4.73. The van der Waals surface area contributed by atoms with Gasteiger partial charge in [-0.15, -0.1) is 11.3 Å². The molecule has 0 spiro atoms. The lowest BCUT2D eigenvalue weighted by atomic mass is 10.2. The maximum absolute atomic E-state index is 13.1. The Labute approximate surface area is 187 Å². The fourth-order valence-electron chi connectivity index (χ4n) is 3.08. The van der Waals surface area contributed by atoms with Crippen LogP contribution in [0.25, 0.3) is 10.2 Å². The molecule has 31 heavy (non-hydrogen) atoms. The van der Waals surface area contributed by atoms with Crippen molar-refractivity contribution in [3.05, 3.63) is 38.1 Å². The molecule has 0 aromatic carbocycles. The molecule has 0 saturated carbocycles. The third-order valence-corrected chi connectivity index (χ3v) is 6.52. The van der Waals surface area contributed by atoms with Gasteiger partial charge in [0.15, 0.2) is 10.9 Å². The van der Waals surface area contributed by atoms with Crippen molar-refractivity contribution in [1.82, 2.24) is 23.7 Å². The highest BCUT2D eigenvalue weighted by molar-refractivity contribution is 7.98. The van der Waals surface area contributed by atoms with Gasteiger partial charge < -0.3 is 9.30 Å². The number of aromatic nitrogens is 4. The smallest absolute Gasteiger partial charge is 0.406 e. The lowest BCUT2D eigenvalue weighted by Gasteiger charge is -2.15. The van der Waals surface area contributed by atoms with Crippen LogP contribution < -0.4 is 16.0 Å². The molecule has 0 saturated heterocycles. The van der Waals surface area contributed by atoms with Crippen molar-refractivity contribution in [2.75, 3.05) is 20.4 Å². The molecule has 0 aliphatic carbocycles. The number of nitrogens with zero attached hydrogens (tertiary/aromatic N) is 5. The van der Waals surface area contributed by atoms with Crippen molar-refractivity contribution in [2.45, 2.75) is 32.1 Å². The Morgan fingerprint density at radius 2 is 2.06 bits per heavy atom. The summed E-state index contributed by atoms with van der Waals surface area (Å²) in [6.07, 6.45) is 4.62. The Balaban J connectivity index is 2.29. The Morgan fingerprint density at radius 1 is 1.35 bits per heavy atom. The minimum Gasteiger partial charge on any atom is -0.406 e. The van der Waals surface area contributed by atoms with Crippen LogP contribution in [0.4, 0.5) is 4.79 Å². The average Bonchev–Trinajstić information content (AvgIpc) is 3.33. The molecular weight excluding hydrogens is 442 g/mol. The summed E-state index contributed by atoms with van der Waals surface area (Å²) in [4.78, 5) is 48.7. The predicted octanol–water partition coefficient (Wildman–Crippen LogP) is 2.38. The zero-order valence-corrected chi connectivity index (χ0v) is 19.9. The number of hydrogen-bond acceptors (Lipinski definition) is 8. The Kier molecular flexibility index (Phi) is 6.92. The number of carbonyl (C=O) groups is 1. The number of thiophene rings is 1. The highest BCUT2D eigenvalue weighted by Gasteiger charge is 2.26. The maximum Gasteiger partial charge on any atom is 0.439 e. The molecule has 168 valence electrons. The lowest BCUT2D eigenvalue weighted by molar-refractivity contribution is -0.0789. The normalized spacial score (nSPS) is 11.5. The molecule has 0 N–H and O–H groups in total. The minimum atomic E-state index is -0.775. The van der Waals surface area contributed by atoms with E-state index in [1.807, 2.05) is 30.9 Å². The third-order valence-electron chi connectivity index (χ3n) is 4.64. The monoisotopic (exact) mass is 467 g/mol. The fraction of sp³-hybridized carbons (Fsp3) is 0.474. The largest absolute Gasteiger partial charge is 0.439 e. The van der Waals surface area contributed by atoms with Gasteiger partial charge >= 0.3 is 11.8 Å². The second-order valence-electron chi connectivity index (χ2n) is 7.28. The summed E-state index contributed by atoms with van der Waals surface area (Å²) >= 11 is 2.74. The predicted molar refractivity (Wildman–Crippen MR) is 120 cm³/mol. The van der Waals surface area contributed by atoms with E-state index in [1.54, 1.807) is 10.8 Å². The van der Waals surface area contributed by atoms with Crippen molar-refractivity contribution < 1.29 is 14.4 Å². The molecule has 0 aliphatic heterocycles. The molecule has 0 atom stereocenters. The molecule has 0 unspecified atom stereocenters. The molecular formula is C19H25N5O5S2. The summed E-state index contributed by atoms with van der Waals surface area (Å²) in [5, 5.41) is 1.90. The second kappa shape index (κ2) is 9.28. The van der Waals surface area contributed by atoms with Crippen molar-refractivity contribution in [3.8, 4) is 5.75 Å². The Bertz CT molecular complexity index is 1220. The van der Waals surface area contributed by atoms with Gasteiger partial charge in [-0.2, -0.15) is 5.06 Å². The van der Waals surface area contributed by atoms with Crippen LogP contribution in [0.5, 0.6) is 5.75 Å². The van der Waals surface area contributed by atoms with E-state index < -0.39 is 17.3 Å². The van der Waals surface area contributed by atoms with Gasteiger partial charge in [-0.05, 0) is 12.2 Å². The number of imidazole rings is 1. The highest BCUT2D eigenvalue weighted by atomic mass is 32.2. The number of rotatable bonds is 7. The van der Waals surface area contributed by atoms with Gasteiger partial charge in [0.1, 0.15) is 10.2 Å². The van der Waals surface area contributed by atoms with Crippen LogP contribution in [0, 0.1) is 5.92 Å². The van der Waals surface area contributed by atoms with Crippen LogP contribution >= 0.6 is 23.1 Å². The first kappa shape index (κ1) is 23.1. The van der Waals surface area contributed by atoms with Gasteiger partial charge in [-0.25, -0.2) is 14.6 Å². The molecule has 0 fully saturated rings. The van der Waals surface area contributed by atoms with E-state index in [9.17, 15) is 14.4 Å². The van der Waals surface area contributed by atoms with Crippen molar-refractivity contribution >= 4 is 39.4 Å². The molecule has 12 heteroatoms. The average molecular weight is 468 g/mol. The first-order valence-corrected chi connectivity index (χ1v) is 11.5. The van der Waals surface area contributed by atoms with Gasteiger partial charge in [-0.1, -0.05) is 25.6 Å². The number of hydrogen-bond donors (Lipinski definition) is 0. The third kappa shape index (κ3) is 4.41. The summed E-state index contributed by atoms with van der Waals surface area (Å²) in [5.74, 6) is 0.305. The van der Waals surface area contributed by atoms with Gasteiger partial charge in [-0.3, -0.25) is 18.8 Å². The van der Waals surface area contributed by atoms with Crippen LogP contribution in [-0.2, 0) is 25.0 Å². The molecule has 10 nitrogen and oxygen atoms in total. The van der Waals surface area contributed by atoms with Crippen LogP contribution in [0.15, 0.2) is 27.1 Å². The van der Waals surface area contributed by atoms with E-state index in [0.29, 0.717) is 22.8 Å². The maximum atomic E-state index is 13.1. The van der Waals surface area contributed by atoms with Crippen LogP contribution in [0.1, 0.15) is 18.7 Å². The van der Waals surface area contributed by atoms with Gasteiger partial charge in [0.05, 0.1) is 18.5 Å². The van der Waals surface area contributed by atoms with Gasteiger partial charge in [0, 0.05) is 33.0 Å². The van der Waals surface area contributed by atoms with E-state index in [1.165, 1.54) is 44.3 Å². The Morgan fingerprint density at radius 3 is 2.68 bits per heavy atom. The van der Waals surface area contributed by atoms with Crippen molar-refractivity contribution in [1.29, 1.82) is 0 Å². The summed E-state index contributed by atoms with van der Waals surface area (Å²) in [7, 11) is 4.17. The number of fused-ring (bicyclic) bond motifs is 1. The molecule has 3 aromatic rings. The lowest BCUT2D eigenvalue weighted by Crippen LogP contribution is -2.38. The van der Waals surface area contributed by atoms with Crippen molar-refractivity contribution in [2.24, 2.45) is 13.0 Å². The summed E-state index contributed by atoms with van der Waals surface area (Å²) < 4.78 is 10.1. The van der Waals surface area contributed by atoms with Crippen LogP contribution in [0.3, 0.4) is 0 Å². The van der Waals surface area contributed by atoms with E-state index in [4.69, 9.17) is 9.57 Å². The minimum absolute atomic E-state index is 0.132. The van der Waals surface area contributed by atoms with Crippen LogP contribution in [-0.4, -0.2) is 50.3 Å². The van der Waals surface area contributed by atoms with E-state index in [-0.39, 0.29) is 17.1 Å². The number of thioether (sulfide) groups is 1. The fourth-order valence-corrected chi connectivity index (χ4v) is 4.82. The van der Waals surface area contributed by atoms with E-state index >= 15 is 0 Å². The number of carbonyl (C=O) groups excluding carboxylic acids is 1. The molecule has 1 amide bonds. The number of hydroxylamine groups is 2. The summed E-state index contributed by atoms with van der Waals surface area (Å²) in [6, 6.07) is 0. The second-order valence-corrected chi connectivity index (χ2v) is 9.13. The first-order valence-electron chi connectivity index (χ1n) is 9.49. The SMILES string of the molecule is CON(C)C(=O)Oc1c(Cn2ccnc2SC)sc2c1c(=O)n(C)c(=O)n2CC(C)C. The zero-order chi connectivity index (χ0) is 22.9. The molecule has 3 rings (SSSR count). The molecule has 0 radical (unpaired) electrons. The molecule has 0 bridgehead atoms. The zero-order valence-electron chi connectivity index (χ0n) is 18.2. The van der Waals surface area contributed by atoms with Crippen molar-refractivity contribution in [3.63, 3.8) is 0 Å². The first-order chi connectivity index (χ1) is 14.7. The standard InChI is InChI=1S/C19H25N5O5S2/c1-11(2)9-24-16-13(15(25)21(3)18(24)26)14(29-19(27)22(4)28-5)12(31-16)10-23-8-7-20-17(23)30-6/h7-8,11H,9-10H2,1-6H3. The topological polar surface area (TPSA) is 101 Å². The van der Waals surface area contributed by atoms with E-state index in [2.05, 4.69) is 4.98 Å². The number of ether oxygens (including phenoxy) is 1. The van der Waals surface area contributed by atoms with E-state index in [0.717, 1.165) is 14.8 Å². The van der Waals surface area contributed by atoms with Gasteiger partial charge in [0.2, 0.25) is 0 Å². The summed E-state index contributed by atoms with van der Waals surface area (Å²) in [5.41, 5.74) is -0.917. The van der Waals surface area contributed by atoms with Gasteiger partial charge in [0.25, 0.3) is 5.56 Å². The highest BCUT2D eigenvalue weighted by Crippen LogP contribution is 2.37. The molecule has 3 heterocycles.